The zero-order chi connectivity index (χ0) is 21.6. The standard InChI is InChI=1S/C21H23ClF3NO3/c1-4-28-17-6-5-7-18(29-11-10-13(2)3)19(17)20(27)26-16-9-8-14(22)12-15(16)21(23,24)25/h5-9,12-13H,4,10-11H2,1-3H3,(H,26,27). The minimum absolute atomic E-state index is 0.0428. The summed E-state index contributed by atoms with van der Waals surface area (Å²) in [6, 6.07) is 7.98. The van der Waals surface area contributed by atoms with Crippen LogP contribution in [0.2, 0.25) is 5.02 Å². The molecule has 2 aromatic rings. The first-order valence-electron chi connectivity index (χ1n) is 9.20. The SMILES string of the molecule is CCOc1cccc(OCCC(C)C)c1C(=O)Nc1ccc(Cl)cc1C(F)(F)F. The number of alkyl halides is 3. The van der Waals surface area contributed by atoms with Gasteiger partial charge in [-0.1, -0.05) is 31.5 Å². The van der Waals surface area contributed by atoms with Gasteiger partial charge in [0.25, 0.3) is 5.91 Å². The van der Waals surface area contributed by atoms with Gasteiger partial charge in [0.15, 0.2) is 0 Å². The summed E-state index contributed by atoms with van der Waals surface area (Å²) in [5.74, 6) is 0.110. The second kappa shape index (κ2) is 9.87. The molecule has 2 rings (SSSR count). The van der Waals surface area contributed by atoms with Gasteiger partial charge in [-0.25, -0.2) is 0 Å². The van der Waals surface area contributed by atoms with Crippen LogP contribution in [0.5, 0.6) is 11.5 Å². The maximum atomic E-state index is 13.3. The van der Waals surface area contributed by atoms with Crippen molar-refractivity contribution in [3.63, 3.8) is 0 Å². The lowest BCUT2D eigenvalue weighted by atomic mass is 10.1. The first kappa shape index (κ1) is 22.9. The fourth-order valence-corrected chi connectivity index (χ4v) is 2.75. The maximum Gasteiger partial charge on any atom is 0.418 e. The number of benzene rings is 2. The predicted molar refractivity (Wildman–Crippen MR) is 107 cm³/mol. The Bertz CT molecular complexity index is 854. The van der Waals surface area contributed by atoms with Crippen molar-refractivity contribution in [1.29, 1.82) is 0 Å². The van der Waals surface area contributed by atoms with E-state index in [9.17, 15) is 18.0 Å². The molecule has 0 heterocycles. The molecule has 0 bridgehead atoms. The van der Waals surface area contributed by atoms with Crippen LogP contribution in [0.25, 0.3) is 0 Å². The largest absolute Gasteiger partial charge is 0.493 e. The molecule has 0 unspecified atom stereocenters. The van der Waals surface area contributed by atoms with E-state index in [0.29, 0.717) is 12.5 Å². The molecule has 8 heteroatoms. The van der Waals surface area contributed by atoms with E-state index in [-0.39, 0.29) is 28.7 Å². The van der Waals surface area contributed by atoms with E-state index in [4.69, 9.17) is 21.1 Å². The molecular formula is C21H23ClF3NO3. The highest BCUT2D eigenvalue weighted by Gasteiger charge is 2.34. The first-order valence-corrected chi connectivity index (χ1v) is 9.58. The highest BCUT2D eigenvalue weighted by atomic mass is 35.5. The van der Waals surface area contributed by atoms with Crippen LogP contribution in [0.1, 0.15) is 43.1 Å². The van der Waals surface area contributed by atoms with E-state index in [1.807, 2.05) is 13.8 Å². The molecule has 0 atom stereocenters. The van der Waals surface area contributed by atoms with Gasteiger partial charge in [0.1, 0.15) is 17.1 Å². The Morgan fingerprint density at radius 1 is 1.14 bits per heavy atom. The van der Waals surface area contributed by atoms with Crippen LogP contribution in [-0.2, 0) is 6.18 Å². The number of hydrogen-bond acceptors (Lipinski definition) is 3. The number of halogens is 4. The van der Waals surface area contributed by atoms with E-state index >= 15 is 0 Å². The molecule has 1 N–H and O–H groups in total. The lowest BCUT2D eigenvalue weighted by Gasteiger charge is -2.18. The zero-order valence-corrected chi connectivity index (χ0v) is 17.2. The molecular weight excluding hydrogens is 407 g/mol. The number of amides is 1. The van der Waals surface area contributed by atoms with Gasteiger partial charge in [0.05, 0.1) is 24.5 Å². The number of hydrogen-bond donors (Lipinski definition) is 1. The van der Waals surface area contributed by atoms with Gasteiger partial charge in [-0.3, -0.25) is 4.79 Å². The summed E-state index contributed by atoms with van der Waals surface area (Å²) >= 11 is 5.70. The second-order valence-corrected chi connectivity index (χ2v) is 7.17. The molecule has 29 heavy (non-hydrogen) atoms. The summed E-state index contributed by atoms with van der Waals surface area (Å²) in [5, 5.41) is 2.24. The predicted octanol–water partition coefficient (Wildman–Crippen LogP) is 6.43. The summed E-state index contributed by atoms with van der Waals surface area (Å²) in [7, 11) is 0. The van der Waals surface area contributed by atoms with E-state index in [0.717, 1.165) is 18.6 Å². The normalized spacial score (nSPS) is 11.4. The van der Waals surface area contributed by atoms with Gasteiger partial charge in [-0.15, -0.1) is 0 Å². The van der Waals surface area contributed by atoms with Crippen LogP contribution < -0.4 is 14.8 Å². The lowest BCUT2D eigenvalue weighted by Crippen LogP contribution is -2.19. The lowest BCUT2D eigenvalue weighted by molar-refractivity contribution is -0.136. The van der Waals surface area contributed by atoms with Crippen molar-refractivity contribution >= 4 is 23.2 Å². The Hall–Kier alpha value is -2.41. The Kier molecular flexibility index (Phi) is 7.79. The van der Waals surface area contributed by atoms with Crippen molar-refractivity contribution < 1.29 is 27.4 Å². The van der Waals surface area contributed by atoms with E-state index in [2.05, 4.69) is 5.32 Å². The number of rotatable bonds is 8. The monoisotopic (exact) mass is 429 g/mol. The van der Waals surface area contributed by atoms with Crippen molar-refractivity contribution in [2.24, 2.45) is 5.92 Å². The summed E-state index contributed by atoms with van der Waals surface area (Å²) in [5.41, 5.74) is -1.39. The Morgan fingerprint density at radius 3 is 2.38 bits per heavy atom. The van der Waals surface area contributed by atoms with Crippen LogP contribution in [0.15, 0.2) is 36.4 Å². The van der Waals surface area contributed by atoms with Gasteiger partial charge in [0, 0.05) is 5.02 Å². The van der Waals surface area contributed by atoms with Crippen molar-refractivity contribution in [2.45, 2.75) is 33.4 Å². The molecule has 0 aliphatic heterocycles. The quantitative estimate of drug-likeness (QED) is 0.525. The third-order valence-electron chi connectivity index (χ3n) is 4.00. The second-order valence-electron chi connectivity index (χ2n) is 6.74. The summed E-state index contributed by atoms with van der Waals surface area (Å²) in [4.78, 5) is 12.9. The van der Waals surface area contributed by atoms with E-state index in [1.54, 1.807) is 25.1 Å². The molecule has 0 aliphatic carbocycles. The highest BCUT2D eigenvalue weighted by Crippen LogP contribution is 2.37. The molecule has 0 saturated heterocycles. The van der Waals surface area contributed by atoms with Gasteiger partial charge in [-0.05, 0) is 49.6 Å². The topological polar surface area (TPSA) is 47.6 Å². The zero-order valence-electron chi connectivity index (χ0n) is 16.4. The molecule has 0 spiro atoms. The average molecular weight is 430 g/mol. The average Bonchev–Trinajstić information content (AvgIpc) is 2.62. The van der Waals surface area contributed by atoms with E-state index < -0.39 is 23.3 Å². The van der Waals surface area contributed by atoms with E-state index in [1.165, 1.54) is 6.07 Å². The Balaban J connectivity index is 2.39. The van der Waals surface area contributed by atoms with Crippen LogP contribution in [-0.4, -0.2) is 19.1 Å². The number of carbonyl (C=O) groups is 1. The molecule has 0 radical (unpaired) electrons. The van der Waals surface area contributed by atoms with Crippen molar-refractivity contribution in [2.75, 3.05) is 18.5 Å². The fraction of sp³-hybridized carbons (Fsp3) is 0.381. The molecule has 0 fully saturated rings. The van der Waals surface area contributed by atoms with Crippen LogP contribution >= 0.6 is 11.6 Å². The number of ether oxygens (including phenoxy) is 2. The minimum atomic E-state index is -4.68. The maximum absolute atomic E-state index is 13.3. The summed E-state index contributed by atoms with van der Waals surface area (Å²) in [6.07, 6.45) is -3.92. The highest BCUT2D eigenvalue weighted by molar-refractivity contribution is 6.30. The molecule has 0 aromatic heterocycles. The smallest absolute Gasteiger partial charge is 0.418 e. The molecule has 0 saturated carbocycles. The molecule has 4 nitrogen and oxygen atoms in total. The molecule has 2 aromatic carbocycles. The number of anilines is 1. The Labute approximate surface area is 173 Å². The fourth-order valence-electron chi connectivity index (χ4n) is 2.58. The third-order valence-corrected chi connectivity index (χ3v) is 4.24. The molecule has 0 aliphatic rings. The van der Waals surface area contributed by atoms with Gasteiger partial charge < -0.3 is 14.8 Å². The van der Waals surface area contributed by atoms with Crippen molar-refractivity contribution in [3.8, 4) is 11.5 Å². The van der Waals surface area contributed by atoms with Crippen molar-refractivity contribution in [1.82, 2.24) is 0 Å². The summed E-state index contributed by atoms with van der Waals surface area (Å²) in [6.45, 7) is 6.46. The third kappa shape index (κ3) is 6.29. The van der Waals surface area contributed by atoms with Gasteiger partial charge in [-0.2, -0.15) is 13.2 Å². The van der Waals surface area contributed by atoms with Crippen LogP contribution in [0.3, 0.4) is 0 Å². The summed E-state index contributed by atoms with van der Waals surface area (Å²) < 4.78 is 51.3. The first-order chi connectivity index (χ1) is 13.6. The van der Waals surface area contributed by atoms with Gasteiger partial charge in [0.2, 0.25) is 0 Å². The van der Waals surface area contributed by atoms with Crippen LogP contribution in [0, 0.1) is 5.92 Å². The molecule has 1 amide bonds. The Morgan fingerprint density at radius 2 is 1.79 bits per heavy atom. The number of carbonyl (C=O) groups excluding carboxylic acids is 1. The molecule has 158 valence electrons. The van der Waals surface area contributed by atoms with Crippen molar-refractivity contribution in [3.05, 3.63) is 52.5 Å². The minimum Gasteiger partial charge on any atom is -0.493 e. The number of nitrogens with one attached hydrogen (secondary N) is 1. The van der Waals surface area contributed by atoms with Gasteiger partial charge >= 0.3 is 6.18 Å². The van der Waals surface area contributed by atoms with Crippen LogP contribution in [0.4, 0.5) is 18.9 Å².